The van der Waals surface area contributed by atoms with Crippen molar-refractivity contribution >= 4 is 64.8 Å². The van der Waals surface area contributed by atoms with Crippen LogP contribution in [0.25, 0.3) is 0 Å². The van der Waals surface area contributed by atoms with Crippen LogP contribution < -0.4 is 0 Å². The summed E-state index contributed by atoms with van der Waals surface area (Å²) in [6.45, 7) is 0. The monoisotopic (exact) mass is 410 g/mol. The van der Waals surface area contributed by atoms with E-state index in [1.165, 1.54) is 12.8 Å². The van der Waals surface area contributed by atoms with E-state index in [-0.39, 0.29) is 11.3 Å². The van der Waals surface area contributed by atoms with E-state index in [0.717, 1.165) is 3.93 Å². The Balaban J connectivity index is 2.18. The Bertz CT molecular complexity index is 279. The van der Waals surface area contributed by atoms with Gasteiger partial charge in [-0.2, -0.15) is 0 Å². The first-order valence-electron chi connectivity index (χ1n) is 5.83. The van der Waals surface area contributed by atoms with Gasteiger partial charge in [0, 0.05) is 0 Å². The summed E-state index contributed by atoms with van der Waals surface area (Å²) in [6, 6.07) is 0. The minimum absolute atomic E-state index is 0.0639. The van der Waals surface area contributed by atoms with Gasteiger partial charge in [-0.05, 0) is 0 Å². The van der Waals surface area contributed by atoms with Gasteiger partial charge in [0.1, 0.15) is 0 Å². The van der Waals surface area contributed by atoms with Gasteiger partial charge in [-0.3, -0.25) is 0 Å². The van der Waals surface area contributed by atoms with Gasteiger partial charge in [-0.25, -0.2) is 0 Å². The Hall–Kier alpha value is 1.96. The van der Waals surface area contributed by atoms with Gasteiger partial charge in [0.2, 0.25) is 0 Å². The zero-order valence-corrected chi connectivity index (χ0v) is 15.7. The van der Waals surface area contributed by atoms with Gasteiger partial charge in [0.15, 0.2) is 0 Å². The summed E-state index contributed by atoms with van der Waals surface area (Å²) in [4.78, 5) is 7.48. The third-order valence-corrected chi connectivity index (χ3v) is 14.0. The molecule has 0 aromatic carbocycles. The van der Waals surface area contributed by atoms with Gasteiger partial charge >= 0.3 is 123 Å². The van der Waals surface area contributed by atoms with Crippen LogP contribution in [0.2, 0.25) is 18.8 Å². The van der Waals surface area contributed by atoms with Crippen molar-refractivity contribution in [1.29, 1.82) is 0 Å². The van der Waals surface area contributed by atoms with E-state index in [9.17, 15) is 0 Å². The summed E-state index contributed by atoms with van der Waals surface area (Å²) in [7, 11) is 0. The molecule has 0 spiro atoms. The molecule has 0 saturated heterocycles. The van der Waals surface area contributed by atoms with Crippen molar-refractivity contribution in [1.82, 2.24) is 0 Å². The van der Waals surface area contributed by atoms with Crippen molar-refractivity contribution in [3.8, 4) is 0 Å². The van der Waals surface area contributed by atoms with Crippen molar-refractivity contribution in [2.45, 2.75) is 40.8 Å². The maximum absolute atomic E-state index is 6.54. The molecule has 2 rings (SSSR count). The van der Waals surface area contributed by atoms with Crippen LogP contribution in [-0.4, -0.2) is 27.5 Å². The van der Waals surface area contributed by atoms with E-state index < -0.39 is 22.2 Å². The Morgan fingerprint density at radius 3 is 2.00 bits per heavy atom. The van der Waals surface area contributed by atoms with E-state index in [1.807, 2.05) is 0 Å². The van der Waals surface area contributed by atoms with Gasteiger partial charge < -0.3 is 0 Å². The molecule has 2 bridgehead atoms. The first kappa shape index (κ1) is 14.4. The quantitative estimate of drug-likeness (QED) is 0.405. The van der Waals surface area contributed by atoms with E-state index in [1.54, 1.807) is 0 Å². The third kappa shape index (κ3) is 2.48. The van der Waals surface area contributed by atoms with Crippen LogP contribution in [0.3, 0.4) is 0 Å². The normalized spacial score (nSPS) is 44.1. The van der Waals surface area contributed by atoms with E-state index in [4.69, 9.17) is 46.4 Å². The van der Waals surface area contributed by atoms with Crippen LogP contribution in [0.15, 0.2) is 0 Å². The molecule has 0 N–H and O–H groups in total. The molecular formula is C11H18Cl4Sn. The molecule has 0 amide bonds. The Morgan fingerprint density at radius 1 is 1.06 bits per heavy atom. The Morgan fingerprint density at radius 2 is 1.62 bits per heavy atom. The number of rotatable bonds is 1. The zero-order chi connectivity index (χ0) is 12.3. The second kappa shape index (κ2) is 4.51. The zero-order valence-electron chi connectivity index (χ0n) is 9.81. The van der Waals surface area contributed by atoms with Crippen molar-refractivity contribution in [2.75, 3.05) is 0 Å². The number of hydrogen-bond acceptors (Lipinski definition) is 0. The van der Waals surface area contributed by atoms with Gasteiger partial charge in [-0.1, -0.05) is 0 Å². The molecule has 0 heterocycles. The first-order valence-corrected chi connectivity index (χ1v) is 17.6. The summed E-state index contributed by atoms with van der Waals surface area (Å²) >= 11 is 22.8. The molecule has 2 aliphatic carbocycles. The average Bonchev–Trinajstić information content (AvgIpc) is 2.55. The molecule has 0 radical (unpaired) electrons. The number of fused-ring (bicyclic) bond motifs is 2. The number of alkyl halides is 4. The fourth-order valence-electron chi connectivity index (χ4n) is 3.73. The molecule has 2 fully saturated rings. The molecule has 0 aromatic heterocycles. The van der Waals surface area contributed by atoms with Crippen molar-refractivity contribution < 1.29 is 0 Å². The molecule has 0 aromatic rings. The fraction of sp³-hybridized carbons (Fsp3) is 1.00. The van der Waals surface area contributed by atoms with E-state index in [0.29, 0.717) is 11.8 Å². The molecule has 94 valence electrons. The Labute approximate surface area is 122 Å². The van der Waals surface area contributed by atoms with Crippen LogP contribution in [-0.2, 0) is 0 Å². The van der Waals surface area contributed by atoms with Crippen molar-refractivity contribution in [3.63, 3.8) is 0 Å². The second-order valence-electron chi connectivity index (χ2n) is 6.38. The molecule has 5 atom stereocenters. The van der Waals surface area contributed by atoms with Crippen LogP contribution >= 0.6 is 46.4 Å². The predicted octanol–water partition coefficient (Wildman–Crippen LogP) is 5.33. The molecular weight excluding hydrogens is 393 g/mol. The molecule has 0 aliphatic heterocycles. The fourth-order valence-corrected chi connectivity index (χ4v) is 13.4. The standard InChI is InChI=1S/C8H9Cl4.3CH3.Sn/c9-7-5-2-1-4(3-5)6(7)8(10,11)12;;;;/h2,4-7H,1,3H2;3*1H3;. The third-order valence-electron chi connectivity index (χ3n) is 4.40. The van der Waals surface area contributed by atoms with E-state index in [2.05, 4.69) is 14.8 Å². The minimum atomic E-state index is -1.86. The molecule has 0 nitrogen and oxygen atoms in total. The summed E-state index contributed by atoms with van der Waals surface area (Å²) in [5.41, 5.74) is 0. The van der Waals surface area contributed by atoms with Crippen LogP contribution in [0, 0.1) is 17.8 Å². The summed E-state index contributed by atoms with van der Waals surface area (Å²) in [6.07, 6.45) is 2.44. The second-order valence-corrected chi connectivity index (χ2v) is 24.9. The summed E-state index contributed by atoms with van der Waals surface area (Å²) < 4.78 is -0.296. The average molecular weight is 411 g/mol. The van der Waals surface area contributed by atoms with Crippen LogP contribution in [0.4, 0.5) is 0 Å². The Kier molecular flexibility index (Phi) is 4.05. The van der Waals surface area contributed by atoms with Crippen LogP contribution in [0.5, 0.6) is 0 Å². The molecule has 5 heteroatoms. The summed E-state index contributed by atoms with van der Waals surface area (Å²) in [5.74, 6) is 1.22. The van der Waals surface area contributed by atoms with E-state index >= 15 is 0 Å². The molecule has 2 saturated carbocycles. The maximum atomic E-state index is 6.54. The van der Waals surface area contributed by atoms with Crippen LogP contribution in [0.1, 0.15) is 12.8 Å². The molecule has 2 aliphatic rings. The number of hydrogen-bond donors (Lipinski definition) is 0. The topological polar surface area (TPSA) is 0 Å². The van der Waals surface area contributed by atoms with Gasteiger partial charge in [-0.15, -0.1) is 0 Å². The number of halogens is 4. The van der Waals surface area contributed by atoms with Crippen molar-refractivity contribution in [3.05, 3.63) is 0 Å². The summed E-state index contributed by atoms with van der Waals surface area (Å²) in [5, 5.41) is 0.0761. The SMILES string of the molecule is [CH3][Sn]([CH3])([CH3])[CH]1CC2CC1C(Cl)C2C(Cl)(Cl)Cl. The first-order chi connectivity index (χ1) is 7.12. The predicted molar refractivity (Wildman–Crippen MR) is 76.7 cm³/mol. The van der Waals surface area contributed by atoms with Gasteiger partial charge in [0.25, 0.3) is 0 Å². The van der Waals surface area contributed by atoms with Crippen molar-refractivity contribution in [2.24, 2.45) is 17.8 Å². The molecule has 5 unspecified atom stereocenters. The molecule has 16 heavy (non-hydrogen) atoms. The van der Waals surface area contributed by atoms with Gasteiger partial charge in [0.05, 0.1) is 0 Å².